The molecule has 3 rings (SSSR count). The van der Waals surface area contributed by atoms with Crippen LogP contribution in [0.15, 0.2) is 48.5 Å². The quantitative estimate of drug-likeness (QED) is 0.829. The van der Waals surface area contributed by atoms with Crippen LogP contribution in [0.5, 0.6) is 0 Å². The Morgan fingerprint density at radius 2 is 1.68 bits per heavy atom. The fourth-order valence-electron chi connectivity index (χ4n) is 3.04. The first kappa shape index (κ1) is 19.6. The van der Waals surface area contributed by atoms with Crippen LogP contribution < -0.4 is 5.73 Å². The Labute approximate surface area is 160 Å². The maximum Gasteiger partial charge on any atom is 0.227 e. The second-order valence-electron chi connectivity index (χ2n) is 6.21. The van der Waals surface area contributed by atoms with E-state index in [1.165, 1.54) is 5.56 Å². The average Bonchev–Trinajstić information content (AvgIpc) is 2.55. The van der Waals surface area contributed by atoms with Gasteiger partial charge in [-0.2, -0.15) is 0 Å². The molecule has 6 heteroatoms. The van der Waals surface area contributed by atoms with E-state index in [0.29, 0.717) is 11.4 Å². The molecule has 2 aromatic rings. The van der Waals surface area contributed by atoms with Crippen molar-refractivity contribution in [3.63, 3.8) is 0 Å². The lowest BCUT2D eigenvalue weighted by Gasteiger charge is -2.35. The first-order valence-electron chi connectivity index (χ1n) is 8.19. The monoisotopic (exact) mass is 379 g/mol. The summed E-state index contributed by atoms with van der Waals surface area (Å²) in [6, 6.07) is 15.5. The standard InChI is InChI=1S/C19H22ClN3O.ClH/c20-17-5-1-3-15(11-17)13-19(24)23-9-7-22(8-10-23)14-16-4-2-6-18(21)12-16;/h1-6,11-12H,7-10,13-14,21H2;1H. The van der Waals surface area contributed by atoms with Gasteiger partial charge in [0.25, 0.3) is 0 Å². The highest BCUT2D eigenvalue weighted by Gasteiger charge is 2.21. The molecule has 0 spiro atoms. The lowest BCUT2D eigenvalue weighted by Crippen LogP contribution is -2.48. The van der Waals surface area contributed by atoms with E-state index in [4.69, 9.17) is 17.3 Å². The molecule has 0 aliphatic carbocycles. The van der Waals surface area contributed by atoms with Crippen LogP contribution in [0, 0.1) is 0 Å². The highest BCUT2D eigenvalue weighted by Crippen LogP contribution is 2.14. The Kier molecular flexibility index (Phi) is 7.12. The molecule has 2 N–H and O–H groups in total. The van der Waals surface area contributed by atoms with Gasteiger partial charge in [-0.3, -0.25) is 9.69 Å². The fourth-order valence-corrected chi connectivity index (χ4v) is 3.25. The lowest BCUT2D eigenvalue weighted by atomic mass is 10.1. The second kappa shape index (κ2) is 9.09. The van der Waals surface area contributed by atoms with Crippen molar-refractivity contribution in [3.8, 4) is 0 Å². The van der Waals surface area contributed by atoms with Gasteiger partial charge in [0.2, 0.25) is 5.91 Å². The predicted molar refractivity (Wildman–Crippen MR) is 105 cm³/mol. The van der Waals surface area contributed by atoms with Gasteiger partial charge in [0.15, 0.2) is 0 Å². The van der Waals surface area contributed by atoms with E-state index in [1.807, 2.05) is 47.4 Å². The molecule has 2 aromatic carbocycles. The largest absolute Gasteiger partial charge is 0.399 e. The molecule has 0 atom stereocenters. The van der Waals surface area contributed by atoms with Crippen LogP contribution in [-0.4, -0.2) is 41.9 Å². The van der Waals surface area contributed by atoms with E-state index in [0.717, 1.165) is 44.0 Å². The Balaban J connectivity index is 0.00000225. The van der Waals surface area contributed by atoms with Gasteiger partial charge in [-0.15, -0.1) is 12.4 Å². The molecule has 0 radical (unpaired) electrons. The Hall–Kier alpha value is -1.75. The van der Waals surface area contributed by atoms with Crippen LogP contribution >= 0.6 is 24.0 Å². The van der Waals surface area contributed by atoms with Crippen molar-refractivity contribution in [1.29, 1.82) is 0 Å². The first-order chi connectivity index (χ1) is 11.6. The fraction of sp³-hybridized carbons (Fsp3) is 0.316. The van der Waals surface area contributed by atoms with E-state index < -0.39 is 0 Å². The highest BCUT2D eigenvalue weighted by molar-refractivity contribution is 6.30. The number of benzene rings is 2. The molecule has 1 aliphatic rings. The van der Waals surface area contributed by atoms with Gasteiger partial charge in [-0.05, 0) is 35.4 Å². The van der Waals surface area contributed by atoms with E-state index >= 15 is 0 Å². The number of amides is 1. The molecule has 1 amide bonds. The van der Waals surface area contributed by atoms with Crippen molar-refractivity contribution in [2.75, 3.05) is 31.9 Å². The van der Waals surface area contributed by atoms with Crippen LogP contribution in [0.4, 0.5) is 5.69 Å². The smallest absolute Gasteiger partial charge is 0.227 e. The summed E-state index contributed by atoms with van der Waals surface area (Å²) in [5.74, 6) is 0.167. The molecular weight excluding hydrogens is 357 g/mol. The van der Waals surface area contributed by atoms with E-state index in [9.17, 15) is 4.79 Å². The summed E-state index contributed by atoms with van der Waals surface area (Å²) in [6.45, 7) is 4.18. The minimum Gasteiger partial charge on any atom is -0.399 e. The number of rotatable bonds is 4. The molecule has 1 heterocycles. The number of piperazine rings is 1. The molecule has 0 saturated carbocycles. The van der Waals surface area contributed by atoms with Gasteiger partial charge in [0.1, 0.15) is 0 Å². The molecule has 0 aromatic heterocycles. The number of carbonyl (C=O) groups is 1. The van der Waals surface area contributed by atoms with Gasteiger partial charge in [-0.25, -0.2) is 0 Å². The van der Waals surface area contributed by atoms with Crippen molar-refractivity contribution in [2.45, 2.75) is 13.0 Å². The van der Waals surface area contributed by atoms with Crippen LogP contribution in [0.1, 0.15) is 11.1 Å². The second-order valence-corrected chi connectivity index (χ2v) is 6.65. The van der Waals surface area contributed by atoms with Crippen LogP contribution in [0.2, 0.25) is 5.02 Å². The van der Waals surface area contributed by atoms with Crippen LogP contribution in [0.25, 0.3) is 0 Å². The summed E-state index contributed by atoms with van der Waals surface area (Å²) in [6.07, 6.45) is 0.412. The van der Waals surface area contributed by atoms with Gasteiger partial charge in [-0.1, -0.05) is 35.9 Å². The SMILES string of the molecule is Cl.Nc1cccc(CN2CCN(C(=O)Cc3cccc(Cl)c3)CC2)c1. The van der Waals surface area contributed by atoms with Gasteiger partial charge < -0.3 is 10.6 Å². The molecule has 1 saturated heterocycles. The van der Waals surface area contributed by atoms with Crippen molar-refractivity contribution < 1.29 is 4.79 Å². The van der Waals surface area contributed by atoms with E-state index in [-0.39, 0.29) is 18.3 Å². The summed E-state index contributed by atoms with van der Waals surface area (Å²) >= 11 is 5.98. The third-order valence-electron chi connectivity index (χ3n) is 4.33. The van der Waals surface area contributed by atoms with Crippen molar-refractivity contribution in [1.82, 2.24) is 9.80 Å². The summed E-state index contributed by atoms with van der Waals surface area (Å²) in [5.41, 5.74) is 8.81. The number of halogens is 2. The maximum absolute atomic E-state index is 12.4. The minimum atomic E-state index is 0. The Morgan fingerprint density at radius 1 is 1.00 bits per heavy atom. The molecular formula is C19H23Cl2N3O. The molecule has 4 nitrogen and oxygen atoms in total. The first-order valence-corrected chi connectivity index (χ1v) is 8.57. The van der Waals surface area contributed by atoms with Crippen LogP contribution in [-0.2, 0) is 17.8 Å². The number of hydrogen-bond acceptors (Lipinski definition) is 3. The summed E-state index contributed by atoms with van der Waals surface area (Å²) < 4.78 is 0. The van der Waals surface area contributed by atoms with Gasteiger partial charge in [0.05, 0.1) is 6.42 Å². The Morgan fingerprint density at radius 3 is 2.36 bits per heavy atom. The normalized spacial score (nSPS) is 14.8. The van der Waals surface area contributed by atoms with Crippen molar-refractivity contribution in [3.05, 3.63) is 64.7 Å². The number of nitrogen functional groups attached to an aromatic ring is 1. The third kappa shape index (κ3) is 5.63. The van der Waals surface area contributed by atoms with Crippen molar-refractivity contribution in [2.24, 2.45) is 0 Å². The zero-order valence-corrected chi connectivity index (χ0v) is 15.6. The molecule has 0 bridgehead atoms. The Bertz CT molecular complexity index is 715. The average molecular weight is 380 g/mol. The zero-order valence-electron chi connectivity index (χ0n) is 14.0. The third-order valence-corrected chi connectivity index (χ3v) is 4.56. The summed E-state index contributed by atoms with van der Waals surface area (Å²) in [5, 5.41) is 0.673. The van der Waals surface area contributed by atoms with E-state index in [1.54, 1.807) is 0 Å². The molecule has 134 valence electrons. The number of hydrogen-bond donors (Lipinski definition) is 1. The highest BCUT2D eigenvalue weighted by atomic mass is 35.5. The number of carbonyl (C=O) groups excluding carboxylic acids is 1. The number of nitrogens with zero attached hydrogens (tertiary/aromatic N) is 2. The van der Waals surface area contributed by atoms with Gasteiger partial charge >= 0.3 is 0 Å². The topological polar surface area (TPSA) is 49.6 Å². The molecule has 1 aliphatic heterocycles. The van der Waals surface area contributed by atoms with E-state index in [2.05, 4.69) is 11.0 Å². The number of nitrogens with two attached hydrogens (primary N) is 1. The van der Waals surface area contributed by atoms with Crippen molar-refractivity contribution >= 4 is 35.6 Å². The molecule has 1 fully saturated rings. The lowest BCUT2D eigenvalue weighted by molar-refractivity contribution is -0.132. The summed E-state index contributed by atoms with van der Waals surface area (Å²) in [4.78, 5) is 16.7. The molecule has 25 heavy (non-hydrogen) atoms. The van der Waals surface area contributed by atoms with Gasteiger partial charge in [0, 0.05) is 43.4 Å². The maximum atomic E-state index is 12.4. The zero-order chi connectivity index (χ0) is 16.9. The summed E-state index contributed by atoms with van der Waals surface area (Å²) in [7, 11) is 0. The number of anilines is 1. The molecule has 0 unspecified atom stereocenters. The minimum absolute atomic E-state index is 0. The van der Waals surface area contributed by atoms with Crippen LogP contribution in [0.3, 0.4) is 0 Å². The predicted octanol–water partition coefficient (Wildman–Crippen LogP) is 3.23.